The predicted molar refractivity (Wildman–Crippen MR) is 93.7 cm³/mol. The quantitative estimate of drug-likeness (QED) is 0.660. The molecule has 0 radical (unpaired) electrons. The summed E-state index contributed by atoms with van der Waals surface area (Å²) >= 11 is 2.10. The number of halogens is 2. The molecule has 1 heterocycles. The fourth-order valence-electron chi connectivity index (χ4n) is 2.15. The minimum atomic E-state index is -0.528. The van der Waals surface area contributed by atoms with E-state index in [4.69, 9.17) is 0 Å². The lowest BCUT2D eigenvalue weighted by molar-refractivity contribution is -0.116. The largest absolute Gasteiger partial charge is 0.322 e. The lowest BCUT2D eigenvalue weighted by Gasteiger charge is -2.08. The van der Waals surface area contributed by atoms with Gasteiger partial charge in [-0.05, 0) is 52.9 Å². The molecule has 0 spiro atoms. The third kappa shape index (κ3) is 3.39. The summed E-state index contributed by atoms with van der Waals surface area (Å²) in [6.45, 7) is -0.235. The third-order valence-electron chi connectivity index (χ3n) is 3.25. The first-order valence-electron chi connectivity index (χ1n) is 6.73. The Hall–Kier alpha value is -2.29. The Labute approximate surface area is 144 Å². The van der Waals surface area contributed by atoms with Gasteiger partial charge in [-0.25, -0.2) is 9.37 Å². The van der Waals surface area contributed by atoms with E-state index in [0.29, 0.717) is 10.9 Å². The molecule has 0 unspecified atom stereocenters. The van der Waals surface area contributed by atoms with Gasteiger partial charge in [-0.3, -0.25) is 14.2 Å². The number of anilines is 1. The molecule has 1 aromatic heterocycles. The van der Waals surface area contributed by atoms with Gasteiger partial charge >= 0.3 is 0 Å². The summed E-state index contributed by atoms with van der Waals surface area (Å²) in [6.07, 6.45) is 1.32. The van der Waals surface area contributed by atoms with Gasteiger partial charge in [-0.15, -0.1) is 0 Å². The van der Waals surface area contributed by atoms with Gasteiger partial charge in [0.2, 0.25) is 5.91 Å². The number of hydrogen-bond acceptors (Lipinski definition) is 3. The number of fused-ring (bicyclic) bond motifs is 1. The number of rotatable bonds is 3. The zero-order valence-corrected chi connectivity index (χ0v) is 14.0. The predicted octanol–water partition coefficient (Wildman–Crippen LogP) is 2.78. The number of amides is 1. The van der Waals surface area contributed by atoms with Gasteiger partial charge in [0.15, 0.2) is 0 Å². The van der Waals surface area contributed by atoms with E-state index in [2.05, 4.69) is 32.9 Å². The van der Waals surface area contributed by atoms with Gasteiger partial charge < -0.3 is 5.32 Å². The van der Waals surface area contributed by atoms with Crippen molar-refractivity contribution in [3.05, 3.63) is 68.5 Å². The van der Waals surface area contributed by atoms with Crippen LogP contribution in [0.4, 0.5) is 10.1 Å². The van der Waals surface area contributed by atoms with Crippen LogP contribution in [0.25, 0.3) is 10.9 Å². The molecule has 0 fully saturated rings. The van der Waals surface area contributed by atoms with Crippen molar-refractivity contribution in [3.8, 4) is 0 Å². The Balaban J connectivity index is 1.87. The highest BCUT2D eigenvalue weighted by Crippen LogP contribution is 2.13. The second kappa shape index (κ2) is 6.45. The lowest BCUT2D eigenvalue weighted by atomic mass is 10.2. The summed E-state index contributed by atoms with van der Waals surface area (Å²) < 4.78 is 15.6. The second-order valence-corrected chi connectivity index (χ2v) is 6.11. The third-order valence-corrected chi connectivity index (χ3v) is 3.92. The Morgan fingerprint density at radius 3 is 2.83 bits per heavy atom. The Morgan fingerprint density at radius 1 is 1.26 bits per heavy atom. The molecular weight excluding hydrogens is 412 g/mol. The van der Waals surface area contributed by atoms with E-state index in [1.807, 2.05) is 6.07 Å². The molecule has 0 aliphatic rings. The molecule has 3 rings (SSSR count). The average Bonchev–Trinajstić information content (AvgIpc) is 2.53. The van der Waals surface area contributed by atoms with Crippen LogP contribution in [0.1, 0.15) is 0 Å². The van der Waals surface area contributed by atoms with Crippen LogP contribution in [0.5, 0.6) is 0 Å². The van der Waals surface area contributed by atoms with Gasteiger partial charge in [0, 0.05) is 3.57 Å². The number of nitrogens with zero attached hydrogens (tertiary/aromatic N) is 2. The number of nitrogens with one attached hydrogen (secondary N) is 1. The van der Waals surface area contributed by atoms with Crippen LogP contribution >= 0.6 is 22.6 Å². The SMILES string of the molecule is O=C(Cn1cnc2ccc(I)cc2c1=O)Nc1ccccc1F. The highest BCUT2D eigenvalue weighted by Gasteiger charge is 2.10. The van der Waals surface area contributed by atoms with E-state index in [-0.39, 0.29) is 17.8 Å². The summed E-state index contributed by atoms with van der Waals surface area (Å²) in [4.78, 5) is 28.6. The first-order chi connectivity index (χ1) is 11.0. The van der Waals surface area contributed by atoms with Crippen molar-refractivity contribution in [1.82, 2.24) is 9.55 Å². The summed E-state index contributed by atoms with van der Waals surface area (Å²) in [7, 11) is 0. The van der Waals surface area contributed by atoms with Crippen molar-refractivity contribution < 1.29 is 9.18 Å². The van der Waals surface area contributed by atoms with Crippen LogP contribution < -0.4 is 10.9 Å². The Kier molecular flexibility index (Phi) is 4.37. The van der Waals surface area contributed by atoms with E-state index in [0.717, 1.165) is 3.57 Å². The maximum absolute atomic E-state index is 13.5. The van der Waals surface area contributed by atoms with Gasteiger partial charge in [0.1, 0.15) is 12.4 Å². The van der Waals surface area contributed by atoms with Crippen molar-refractivity contribution in [3.63, 3.8) is 0 Å². The molecule has 5 nitrogen and oxygen atoms in total. The molecule has 0 aliphatic heterocycles. The standard InChI is InChI=1S/C16H11FIN3O2/c17-12-3-1-2-4-14(12)20-15(22)8-21-9-19-13-6-5-10(18)7-11(13)16(21)23/h1-7,9H,8H2,(H,20,22). The second-order valence-electron chi connectivity index (χ2n) is 4.87. The van der Waals surface area contributed by atoms with Crippen LogP contribution in [-0.4, -0.2) is 15.5 Å². The molecule has 3 aromatic rings. The zero-order valence-electron chi connectivity index (χ0n) is 11.8. The van der Waals surface area contributed by atoms with Crippen LogP contribution in [0.15, 0.2) is 53.6 Å². The smallest absolute Gasteiger partial charge is 0.261 e. The fourth-order valence-corrected chi connectivity index (χ4v) is 2.64. The fraction of sp³-hybridized carbons (Fsp3) is 0.0625. The average molecular weight is 423 g/mol. The van der Waals surface area contributed by atoms with E-state index >= 15 is 0 Å². The normalized spacial score (nSPS) is 10.7. The highest BCUT2D eigenvalue weighted by molar-refractivity contribution is 14.1. The first kappa shape index (κ1) is 15.6. The number of aromatic nitrogens is 2. The minimum Gasteiger partial charge on any atom is -0.322 e. The molecule has 0 saturated heterocycles. The van der Waals surface area contributed by atoms with Crippen molar-refractivity contribution in [2.45, 2.75) is 6.54 Å². The lowest BCUT2D eigenvalue weighted by Crippen LogP contribution is -2.28. The summed E-state index contributed by atoms with van der Waals surface area (Å²) in [5.41, 5.74) is 0.340. The molecule has 116 valence electrons. The molecule has 1 N–H and O–H groups in total. The van der Waals surface area contributed by atoms with Crippen LogP contribution in [0.3, 0.4) is 0 Å². The van der Waals surface area contributed by atoms with E-state index < -0.39 is 11.7 Å². The maximum Gasteiger partial charge on any atom is 0.261 e. The molecule has 1 amide bonds. The topological polar surface area (TPSA) is 64.0 Å². The molecule has 0 saturated carbocycles. The Morgan fingerprint density at radius 2 is 2.04 bits per heavy atom. The molecule has 23 heavy (non-hydrogen) atoms. The summed E-state index contributed by atoms with van der Waals surface area (Å²) in [5, 5.41) is 2.89. The van der Waals surface area contributed by atoms with E-state index in [9.17, 15) is 14.0 Å². The van der Waals surface area contributed by atoms with E-state index in [1.54, 1.807) is 18.2 Å². The molecular formula is C16H11FIN3O2. The van der Waals surface area contributed by atoms with Crippen LogP contribution in [0.2, 0.25) is 0 Å². The summed E-state index contributed by atoms with van der Waals surface area (Å²) in [5.74, 6) is -1.02. The van der Waals surface area contributed by atoms with E-state index in [1.165, 1.54) is 29.1 Å². The van der Waals surface area contributed by atoms with Crippen LogP contribution in [0, 0.1) is 9.39 Å². The van der Waals surface area contributed by atoms with Crippen LogP contribution in [-0.2, 0) is 11.3 Å². The van der Waals surface area contributed by atoms with Gasteiger partial charge in [0.25, 0.3) is 5.56 Å². The van der Waals surface area contributed by atoms with Crippen molar-refractivity contribution >= 4 is 45.1 Å². The number of benzene rings is 2. The summed E-state index contributed by atoms with van der Waals surface area (Å²) in [6, 6.07) is 11.2. The highest BCUT2D eigenvalue weighted by atomic mass is 127. The maximum atomic E-state index is 13.5. The molecule has 0 atom stereocenters. The van der Waals surface area contributed by atoms with Gasteiger partial charge in [-0.2, -0.15) is 0 Å². The van der Waals surface area contributed by atoms with Crippen molar-refractivity contribution in [2.24, 2.45) is 0 Å². The first-order valence-corrected chi connectivity index (χ1v) is 7.81. The Bertz CT molecular complexity index is 955. The zero-order chi connectivity index (χ0) is 16.4. The number of para-hydroxylation sites is 1. The molecule has 0 aliphatic carbocycles. The molecule has 2 aromatic carbocycles. The molecule has 7 heteroatoms. The van der Waals surface area contributed by atoms with Gasteiger partial charge in [0.05, 0.1) is 22.9 Å². The number of carbonyl (C=O) groups is 1. The number of hydrogen-bond donors (Lipinski definition) is 1. The monoisotopic (exact) mass is 423 g/mol. The van der Waals surface area contributed by atoms with Crippen molar-refractivity contribution in [1.29, 1.82) is 0 Å². The van der Waals surface area contributed by atoms with Crippen molar-refractivity contribution in [2.75, 3.05) is 5.32 Å². The minimum absolute atomic E-state index is 0.0776. The number of carbonyl (C=O) groups excluding carboxylic acids is 1. The van der Waals surface area contributed by atoms with Gasteiger partial charge in [-0.1, -0.05) is 12.1 Å². The molecule has 0 bridgehead atoms.